The molecule has 0 aliphatic rings. The SMILES string of the molecule is CCc1cc(Cn2nc(C)c(S(N)(=O)=O)c2C)n(CC)n1. The van der Waals surface area contributed by atoms with Gasteiger partial charge in [-0.25, -0.2) is 13.6 Å². The Morgan fingerprint density at radius 2 is 1.86 bits per heavy atom. The molecular formula is C13H21N5O2S. The first kappa shape index (κ1) is 15.7. The number of aryl methyl sites for hydroxylation is 3. The van der Waals surface area contributed by atoms with Gasteiger partial charge in [0.25, 0.3) is 0 Å². The van der Waals surface area contributed by atoms with E-state index in [9.17, 15) is 8.42 Å². The van der Waals surface area contributed by atoms with Crippen LogP contribution in [0.15, 0.2) is 11.0 Å². The number of nitrogens with zero attached hydrogens (tertiary/aromatic N) is 4. The fraction of sp³-hybridized carbons (Fsp3) is 0.538. The Morgan fingerprint density at radius 1 is 1.19 bits per heavy atom. The standard InChI is InChI=1S/C13H21N5O2S/c1-5-11-7-12(17(6-2)16-11)8-18-10(4)13(9(3)15-18)21(14,19)20/h7H,5-6,8H2,1-4H3,(H2,14,19,20). The van der Waals surface area contributed by atoms with Gasteiger partial charge in [-0.3, -0.25) is 9.36 Å². The second-order valence-electron chi connectivity index (χ2n) is 5.00. The highest BCUT2D eigenvalue weighted by atomic mass is 32.2. The Morgan fingerprint density at radius 3 is 2.33 bits per heavy atom. The lowest BCUT2D eigenvalue weighted by Gasteiger charge is -2.07. The lowest BCUT2D eigenvalue weighted by molar-refractivity contribution is 0.564. The molecule has 0 atom stereocenters. The minimum Gasteiger partial charge on any atom is -0.268 e. The Kier molecular flexibility index (Phi) is 4.20. The van der Waals surface area contributed by atoms with E-state index < -0.39 is 10.0 Å². The summed E-state index contributed by atoms with van der Waals surface area (Å²) in [6.07, 6.45) is 0.861. The van der Waals surface area contributed by atoms with Gasteiger partial charge >= 0.3 is 0 Å². The summed E-state index contributed by atoms with van der Waals surface area (Å²) in [5.41, 5.74) is 2.99. The zero-order valence-corrected chi connectivity index (χ0v) is 13.6. The molecule has 0 saturated heterocycles. The molecule has 8 heteroatoms. The van der Waals surface area contributed by atoms with Crippen LogP contribution in [0, 0.1) is 13.8 Å². The summed E-state index contributed by atoms with van der Waals surface area (Å²) in [5.74, 6) is 0. The van der Waals surface area contributed by atoms with Crippen LogP contribution >= 0.6 is 0 Å². The fourth-order valence-corrected chi connectivity index (χ4v) is 3.46. The minimum atomic E-state index is -3.76. The van der Waals surface area contributed by atoms with Crippen LogP contribution in [0.1, 0.15) is 36.6 Å². The molecule has 2 N–H and O–H groups in total. The Bertz CT molecular complexity index is 758. The van der Waals surface area contributed by atoms with Crippen molar-refractivity contribution in [1.29, 1.82) is 0 Å². The lowest BCUT2D eigenvalue weighted by Crippen LogP contribution is -2.15. The predicted octanol–water partition coefficient (Wildman–Crippen LogP) is 0.974. The molecule has 116 valence electrons. The fourth-order valence-electron chi connectivity index (χ4n) is 2.49. The maximum atomic E-state index is 11.6. The van der Waals surface area contributed by atoms with Crippen molar-refractivity contribution >= 4 is 10.0 Å². The summed E-state index contributed by atoms with van der Waals surface area (Å²) in [6, 6.07) is 2.02. The minimum absolute atomic E-state index is 0.112. The van der Waals surface area contributed by atoms with E-state index in [0.29, 0.717) is 17.9 Å². The Labute approximate surface area is 124 Å². The average molecular weight is 311 g/mol. The van der Waals surface area contributed by atoms with Crippen molar-refractivity contribution in [3.05, 3.63) is 28.8 Å². The predicted molar refractivity (Wildman–Crippen MR) is 79.5 cm³/mol. The number of hydrogen-bond acceptors (Lipinski definition) is 4. The smallest absolute Gasteiger partial charge is 0.241 e. The third-order valence-corrected chi connectivity index (χ3v) is 4.65. The molecule has 0 saturated carbocycles. The largest absolute Gasteiger partial charge is 0.268 e. The van der Waals surface area contributed by atoms with Crippen LogP contribution in [-0.2, 0) is 29.5 Å². The van der Waals surface area contributed by atoms with Crippen LogP contribution in [0.3, 0.4) is 0 Å². The van der Waals surface area contributed by atoms with Gasteiger partial charge in [0.15, 0.2) is 0 Å². The highest BCUT2D eigenvalue weighted by Crippen LogP contribution is 2.19. The molecule has 0 bridgehead atoms. The molecule has 0 aromatic carbocycles. The van der Waals surface area contributed by atoms with E-state index in [1.165, 1.54) is 0 Å². The number of nitrogens with two attached hydrogens (primary N) is 1. The van der Waals surface area contributed by atoms with Crippen molar-refractivity contribution in [2.24, 2.45) is 5.14 Å². The summed E-state index contributed by atoms with van der Waals surface area (Å²) >= 11 is 0. The highest BCUT2D eigenvalue weighted by molar-refractivity contribution is 7.89. The van der Waals surface area contributed by atoms with E-state index >= 15 is 0 Å². The summed E-state index contributed by atoms with van der Waals surface area (Å²) in [7, 11) is -3.76. The van der Waals surface area contributed by atoms with Gasteiger partial charge in [-0.1, -0.05) is 6.92 Å². The van der Waals surface area contributed by atoms with Crippen molar-refractivity contribution in [1.82, 2.24) is 19.6 Å². The van der Waals surface area contributed by atoms with Gasteiger partial charge in [-0.15, -0.1) is 0 Å². The number of rotatable bonds is 5. The molecule has 0 unspecified atom stereocenters. The molecule has 0 aliphatic heterocycles. The van der Waals surface area contributed by atoms with E-state index in [4.69, 9.17) is 5.14 Å². The lowest BCUT2D eigenvalue weighted by atomic mass is 10.3. The topological polar surface area (TPSA) is 95.8 Å². The van der Waals surface area contributed by atoms with Gasteiger partial charge in [0.05, 0.1) is 29.3 Å². The van der Waals surface area contributed by atoms with Crippen molar-refractivity contribution in [2.75, 3.05) is 0 Å². The number of aromatic nitrogens is 4. The van der Waals surface area contributed by atoms with Crippen LogP contribution in [0.5, 0.6) is 0 Å². The van der Waals surface area contributed by atoms with Crippen LogP contribution in [0.2, 0.25) is 0 Å². The van der Waals surface area contributed by atoms with Crippen molar-refractivity contribution in [3.8, 4) is 0 Å². The Hall–Kier alpha value is -1.67. The maximum absolute atomic E-state index is 11.6. The van der Waals surface area contributed by atoms with E-state index in [2.05, 4.69) is 17.1 Å². The first-order valence-electron chi connectivity index (χ1n) is 6.90. The average Bonchev–Trinajstić information content (AvgIpc) is 2.90. The van der Waals surface area contributed by atoms with E-state index in [0.717, 1.165) is 24.4 Å². The molecule has 0 aliphatic carbocycles. The molecule has 0 spiro atoms. The summed E-state index contributed by atoms with van der Waals surface area (Å²) in [4.78, 5) is 0.112. The van der Waals surface area contributed by atoms with Crippen molar-refractivity contribution in [2.45, 2.75) is 52.1 Å². The number of hydrogen-bond donors (Lipinski definition) is 1. The van der Waals surface area contributed by atoms with Crippen LogP contribution in [0.25, 0.3) is 0 Å². The molecule has 0 fully saturated rings. The molecule has 0 amide bonds. The zero-order valence-electron chi connectivity index (χ0n) is 12.8. The summed E-state index contributed by atoms with van der Waals surface area (Å²) < 4.78 is 26.8. The second-order valence-corrected chi connectivity index (χ2v) is 6.50. The van der Waals surface area contributed by atoms with Crippen molar-refractivity contribution in [3.63, 3.8) is 0 Å². The first-order chi connectivity index (χ1) is 9.77. The monoisotopic (exact) mass is 311 g/mol. The second kappa shape index (κ2) is 5.61. The normalized spacial score (nSPS) is 12.0. The van der Waals surface area contributed by atoms with E-state index in [1.54, 1.807) is 18.5 Å². The van der Waals surface area contributed by atoms with Gasteiger partial charge in [0.1, 0.15) is 4.90 Å². The maximum Gasteiger partial charge on any atom is 0.241 e. The number of sulfonamides is 1. The van der Waals surface area contributed by atoms with Gasteiger partial charge in [-0.05, 0) is 33.3 Å². The summed E-state index contributed by atoms with van der Waals surface area (Å²) in [5, 5.41) is 14.0. The summed E-state index contributed by atoms with van der Waals surface area (Å²) in [6.45, 7) is 8.67. The third kappa shape index (κ3) is 3.01. The van der Waals surface area contributed by atoms with E-state index in [1.807, 2.05) is 17.7 Å². The van der Waals surface area contributed by atoms with E-state index in [-0.39, 0.29) is 4.90 Å². The Balaban J connectivity index is 2.44. The molecule has 2 aromatic heterocycles. The number of primary sulfonamides is 1. The van der Waals surface area contributed by atoms with Crippen molar-refractivity contribution < 1.29 is 8.42 Å². The molecule has 0 radical (unpaired) electrons. The quantitative estimate of drug-likeness (QED) is 0.890. The van der Waals surface area contributed by atoms with Crippen LogP contribution in [0.4, 0.5) is 0 Å². The third-order valence-electron chi connectivity index (χ3n) is 3.49. The highest BCUT2D eigenvalue weighted by Gasteiger charge is 2.21. The molecule has 2 heterocycles. The van der Waals surface area contributed by atoms with Gasteiger partial charge in [0.2, 0.25) is 10.0 Å². The molecule has 7 nitrogen and oxygen atoms in total. The molecule has 21 heavy (non-hydrogen) atoms. The van der Waals surface area contributed by atoms with Gasteiger partial charge in [-0.2, -0.15) is 10.2 Å². The molecule has 2 aromatic rings. The first-order valence-corrected chi connectivity index (χ1v) is 8.45. The molecular weight excluding hydrogens is 290 g/mol. The van der Waals surface area contributed by atoms with Gasteiger partial charge < -0.3 is 0 Å². The zero-order chi connectivity index (χ0) is 15.8. The van der Waals surface area contributed by atoms with Crippen LogP contribution in [-0.4, -0.2) is 28.0 Å². The van der Waals surface area contributed by atoms with Crippen LogP contribution < -0.4 is 5.14 Å². The van der Waals surface area contributed by atoms with Gasteiger partial charge in [0, 0.05) is 6.54 Å². The molecule has 2 rings (SSSR count).